The quantitative estimate of drug-likeness (QED) is 0.891. The van der Waals surface area contributed by atoms with E-state index in [1.54, 1.807) is 12.3 Å². The molecule has 0 radical (unpaired) electrons. The number of phenolic OH excluding ortho intramolecular Hbond substituents is 1. The third kappa shape index (κ3) is 3.08. The number of benzene rings is 1. The molecule has 0 aliphatic rings. The number of carbonyl (C=O) groups is 1. The fraction of sp³-hybridized carbons (Fsp3) is 0.0769. The van der Waals surface area contributed by atoms with Crippen LogP contribution in [0.4, 0.5) is 10.2 Å². The van der Waals surface area contributed by atoms with Gasteiger partial charge in [-0.3, -0.25) is 4.79 Å². The number of phenols is 1. The van der Waals surface area contributed by atoms with Crippen molar-refractivity contribution in [3.8, 4) is 5.75 Å². The van der Waals surface area contributed by atoms with Crippen LogP contribution >= 0.6 is 15.9 Å². The molecule has 1 aromatic heterocycles. The van der Waals surface area contributed by atoms with Crippen LogP contribution in [0.1, 0.15) is 15.9 Å². The maximum Gasteiger partial charge on any atom is 0.260 e. The Balaban J connectivity index is 2.25. The number of amides is 1. The SMILES string of the molecule is Cc1cc(NC(=O)c2cc(F)ccc2O)ncc1Br. The van der Waals surface area contributed by atoms with E-state index < -0.39 is 11.7 Å². The molecule has 1 aromatic carbocycles. The van der Waals surface area contributed by atoms with Gasteiger partial charge in [-0.2, -0.15) is 0 Å². The Labute approximate surface area is 117 Å². The van der Waals surface area contributed by atoms with Gasteiger partial charge >= 0.3 is 0 Å². The van der Waals surface area contributed by atoms with Gasteiger partial charge in [-0.05, 0) is 52.7 Å². The Hall–Kier alpha value is -1.95. The molecule has 4 nitrogen and oxygen atoms in total. The van der Waals surface area contributed by atoms with E-state index in [2.05, 4.69) is 26.2 Å². The average Bonchev–Trinajstić information content (AvgIpc) is 2.36. The lowest BCUT2D eigenvalue weighted by atomic mass is 10.2. The largest absolute Gasteiger partial charge is 0.507 e. The zero-order valence-electron chi connectivity index (χ0n) is 9.95. The first kappa shape index (κ1) is 13.5. The number of pyridine rings is 1. The molecule has 19 heavy (non-hydrogen) atoms. The lowest BCUT2D eigenvalue weighted by Crippen LogP contribution is -2.13. The summed E-state index contributed by atoms with van der Waals surface area (Å²) in [5.41, 5.74) is 0.760. The molecule has 0 aliphatic heterocycles. The highest BCUT2D eigenvalue weighted by Crippen LogP contribution is 2.21. The van der Waals surface area contributed by atoms with Gasteiger partial charge in [0.1, 0.15) is 17.4 Å². The van der Waals surface area contributed by atoms with Gasteiger partial charge in [0.2, 0.25) is 0 Å². The van der Waals surface area contributed by atoms with E-state index in [9.17, 15) is 14.3 Å². The minimum Gasteiger partial charge on any atom is -0.507 e. The second-order valence-corrected chi connectivity index (χ2v) is 4.79. The summed E-state index contributed by atoms with van der Waals surface area (Å²) in [7, 11) is 0. The first-order chi connectivity index (χ1) is 8.97. The number of aryl methyl sites for hydroxylation is 1. The number of nitrogens with zero attached hydrogens (tertiary/aromatic N) is 1. The summed E-state index contributed by atoms with van der Waals surface area (Å²) in [5.74, 6) is -1.17. The number of hydrogen-bond donors (Lipinski definition) is 2. The van der Waals surface area contributed by atoms with Gasteiger partial charge in [-0.15, -0.1) is 0 Å². The predicted molar refractivity (Wildman–Crippen MR) is 72.7 cm³/mol. The zero-order chi connectivity index (χ0) is 14.0. The van der Waals surface area contributed by atoms with E-state index in [0.717, 1.165) is 28.2 Å². The van der Waals surface area contributed by atoms with Crippen LogP contribution in [0.25, 0.3) is 0 Å². The highest BCUT2D eigenvalue weighted by Gasteiger charge is 2.13. The molecule has 2 aromatic rings. The normalized spacial score (nSPS) is 10.3. The summed E-state index contributed by atoms with van der Waals surface area (Å²) in [5, 5.41) is 12.0. The monoisotopic (exact) mass is 324 g/mol. The van der Waals surface area contributed by atoms with Crippen LogP contribution in [-0.2, 0) is 0 Å². The van der Waals surface area contributed by atoms with Crippen molar-refractivity contribution in [2.75, 3.05) is 5.32 Å². The standard InChI is InChI=1S/C13H10BrFN2O2/c1-7-4-12(16-6-10(7)14)17-13(19)9-5-8(15)2-3-11(9)18/h2-6,18H,1H3,(H,16,17,19). The molecule has 0 unspecified atom stereocenters. The molecular formula is C13H10BrFN2O2. The highest BCUT2D eigenvalue weighted by molar-refractivity contribution is 9.10. The van der Waals surface area contributed by atoms with Crippen LogP contribution in [0, 0.1) is 12.7 Å². The van der Waals surface area contributed by atoms with Gasteiger partial charge in [-0.1, -0.05) is 0 Å². The number of aromatic hydroxyl groups is 1. The molecule has 1 amide bonds. The van der Waals surface area contributed by atoms with Crippen LogP contribution in [0.2, 0.25) is 0 Å². The first-order valence-corrected chi connectivity index (χ1v) is 6.18. The molecule has 2 rings (SSSR count). The number of carbonyl (C=O) groups excluding carboxylic acids is 1. The Morgan fingerprint density at radius 3 is 2.84 bits per heavy atom. The minimum absolute atomic E-state index is 0.137. The van der Waals surface area contributed by atoms with Gasteiger partial charge in [-0.25, -0.2) is 9.37 Å². The number of nitrogens with one attached hydrogen (secondary N) is 1. The van der Waals surface area contributed by atoms with Crippen molar-refractivity contribution < 1.29 is 14.3 Å². The molecule has 0 saturated carbocycles. The van der Waals surface area contributed by atoms with Crippen LogP contribution < -0.4 is 5.32 Å². The number of aromatic nitrogens is 1. The Kier molecular flexibility index (Phi) is 3.80. The number of anilines is 1. The smallest absolute Gasteiger partial charge is 0.260 e. The van der Waals surface area contributed by atoms with Crippen molar-refractivity contribution >= 4 is 27.7 Å². The van der Waals surface area contributed by atoms with Crippen molar-refractivity contribution in [2.24, 2.45) is 0 Å². The van der Waals surface area contributed by atoms with Gasteiger partial charge in [0.25, 0.3) is 5.91 Å². The Morgan fingerprint density at radius 1 is 1.42 bits per heavy atom. The Bertz CT molecular complexity index is 647. The molecule has 0 atom stereocenters. The second-order valence-electron chi connectivity index (χ2n) is 3.93. The van der Waals surface area contributed by atoms with Crippen molar-refractivity contribution in [1.29, 1.82) is 0 Å². The van der Waals surface area contributed by atoms with Crippen molar-refractivity contribution in [3.05, 3.63) is 51.9 Å². The van der Waals surface area contributed by atoms with Gasteiger partial charge in [0.15, 0.2) is 0 Å². The van der Waals surface area contributed by atoms with E-state index in [1.165, 1.54) is 0 Å². The molecule has 6 heteroatoms. The van der Waals surface area contributed by atoms with Gasteiger partial charge in [0, 0.05) is 10.7 Å². The lowest BCUT2D eigenvalue weighted by Gasteiger charge is -2.07. The highest BCUT2D eigenvalue weighted by atomic mass is 79.9. The van der Waals surface area contributed by atoms with E-state index in [1.807, 2.05) is 6.92 Å². The minimum atomic E-state index is -0.619. The maximum atomic E-state index is 13.1. The Morgan fingerprint density at radius 2 is 2.16 bits per heavy atom. The fourth-order valence-electron chi connectivity index (χ4n) is 1.48. The van der Waals surface area contributed by atoms with Gasteiger partial charge < -0.3 is 10.4 Å². The summed E-state index contributed by atoms with van der Waals surface area (Å²) in [4.78, 5) is 15.9. The number of hydrogen-bond acceptors (Lipinski definition) is 3. The molecule has 0 aliphatic carbocycles. The summed E-state index contributed by atoms with van der Waals surface area (Å²) in [6, 6.07) is 4.84. The van der Waals surface area contributed by atoms with Crippen LogP contribution in [0.5, 0.6) is 5.75 Å². The molecule has 0 spiro atoms. The zero-order valence-corrected chi connectivity index (χ0v) is 11.5. The fourth-order valence-corrected chi connectivity index (χ4v) is 1.70. The van der Waals surface area contributed by atoms with Crippen molar-refractivity contribution in [3.63, 3.8) is 0 Å². The molecule has 0 saturated heterocycles. The topological polar surface area (TPSA) is 62.2 Å². The number of rotatable bonds is 2. The molecule has 0 fully saturated rings. The van der Waals surface area contributed by atoms with E-state index >= 15 is 0 Å². The van der Waals surface area contributed by atoms with E-state index in [4.69, 9.17) is 0 Å². The third-order valence-electron chi connectivity index (χ3n) is 2.49. The molecular weight excluding hydrogens is 315 g/mol. The molecule has 1 heterocycles. The molecule has 0 bridgehead atoms. The lowest BCUT2D eigenvalue weighted by molar-refractivity contribution is 0.102. The molecule has 98 valence electrons. The third-order valence-corrected chi connectivity index (χ3v) is 3.32. The maximum absolute atomic E-state index is 13.1. The molecule has 2 N–H and O–H groups in total. The first-order valence-electron chi connectivity index (χ1n) is 5.39. The van der Waals surface area contributed by atoms with Crippen molar-refractivity contribution in [1.82, 2.24) is 4.98 Å². The van der Waals surface area contributed by atoms with E-state index in [-0.39, 0.29) is 11.3 Å². The summed E-state index contributed by atoms with van der Waals surface area (Å²) in [6.45, 7) is 1.85. The van der Waals surface area contributed by atoms with Crippen LogP contribution in [-0.4, -0.2) is 16.0 Å². The van der Waals surface area contributed by atoms with Crippen molar-refractivity contribution in [2.45, 2.75) is 6.92 Å². The van der Waals surface area contributed by atoms with E-state index in [0.29, 0.717) is 5.82 Å². The summed E-state index contributed by atoms with van der Waals surface area (Å²) < 4.78 is 13.9. The second kappa shape index (κ2) is 5.36. The summed E-state index contributed by atoms with van der Waals surface area (Å²) >= 11 is 3.30. The number of halogens is 2. The van der Waals surface area contributed by atoms with Gasteiger partial charge in [0.05, 0.1) is 5.56 Å². The predicted octanol–water partition coefficient (Wildman–Crippen LogP) is 3.25. The van der Waals surface area contributed by atoms with Crippen LogP contribution in [0.15, 0.2) is 34.9 Å². The average molecular weight is 325 g/mol. The summed E-state index contributed by atoms with van der Waals surface area (Å²) in [6.07, 6.45) is 1.55. The van der Waals surface area contributed by atoms with Crippen LogP contribution in [0.3, 0.4) is 0 Å².